The van der Waals surface area contributed by atoms with Crippen molar-refractivity contribution in [2.75, 3.05) is 6.61 Å². The van der Waals surface area contributed by atoms with Gasteiger partial charge in [0.1, 0.15) is 5.75 Å². The number of benzene rings is 2. The first-order chi connectivity index (χ1) is 11.6. The van der Waals surface area contributed by atoms with Gasteiger partial charge >= 0.3 is 0 Å². The minimum Gasteiger partial charge on any atom is -0.484 e. The summed E-state index contributed by atoms with van der Waals surface area (Å²) in [6.45, 7) is -0.158. The van der Waals surface area contributed by atoms with Gasteiger partial charge in [-0.3, -0.25) is 20.4 Å². The maximum atomic E-state index is 12.0. The fourth-order valence-corrected chi connectivity index (χ4v) is 3.13. The molecule has 2 aromatic carbocycles. The minimum atomic E-state index is -0.420. The molecule has 0 fully saturated rings. The van der Waals surface area contributed by atoms with Crippen LogP contribution in [0.1, 0.15) is 27.9 Å². The van der Waals surface area contributed by atoms with E-state index in [1.807, 2.05) is 24.3 Å². The van der Waals surface area contributed by atoms with Crippen LogP contribution in [0.2, 0.25) is 0 Å². The Balaban J connectivity index is 1.48. The van der Waals surface area contributed by atoms with Crippen molar-refractivity contribution in [3.05, 3.63) is 63.6 Å². The molecular weight excluding hydrogens is 372 g/mol. The number of carbonyl (C=O) groups excluding carboxylic acids is 2. The number of carbonyl (C=O) groups is 2. The second-order valence-corrected chi connectivity index (χ2v) is 6.41. The minimum absolute atomic E-state index is 0.158. The number of hydrogen-bond acceptors (Lipinski definition) is 3. The summed E-state index contributed by atoms with van der Waals surface area (Å²) in [5, 5.41) is 0. The summed E-state index contributed by atoms with van der Waals surface area (Å²) in [6, 6.07) is 12.9. The van der Waals surface area contributed by atoms with Gasteiger partial charge in [0.2, 0.25) is 0 Å². The highest BCUT2D eigenvalue weighted by Crippen LogP contribution is 2.25. The Morgan fingerprint density at radius 3 is 2.67 bits per heavy atom. The van der Waals surface area contributed by atoms with E-state index in [2.05, 4.69) is 26.8 Å². The zero-order chi connectivity index (χ0) is 16.9. The topological polar surface area (TPSA) is 67.4 Å². The lowest BCUT2D eigenvalue weighted by Crippen LogP contribution is -2.43. The third kappa shape index (κ3) is 3.94. The molecule has 0 spiro atoms. The van der Waals surface area contributed by atoms with Gasteiger partial charge in [0, 0.05) is 4.47 Å². The largest absolute Gasteiger partial charge is 0.484 e. The average Bonchev–Trinajstić information content (AvgIpc) is 3.06. The molecule has 0 aromatic heterocycles. The summed E-state index contributed by atoms with van der Waals surface area (Å²) in [5.74, 6) is -0.146. The van der Waals surface area contributed by atoms with Gasteiger partial charge < -0.3 is 4.74 Å². The predicted octanol–water partition coefficient (Wildman–Crippen LogP) is 2.78. The number of amides is 2. The van der Waals surface area contributed by atoms with Crippen LogP contribution in [0.4, 0.5) is 0 Å². The lowest BCUT2D eigenvalue weighted by Gasteiger charge is -2.10. The van der Waals surface area contributed by atoms with E-state index >= 15 is 0 Å². The van der Waals surface area contributed by atoms with E-state index in [9.17, 15) is 9.59 Å². The van der Waals surface area contributed by atoms with Crippen molar-refractivity contribution < 1.29 is 14.3 Å². The van der Waals surface area contributed by atoms with Crippen molar-refractivity contribution in [2.24, 2.45) is 0 Å². The van der Waals surface area contributed by atoms with E-state index in [0.717, 1.165) is 12.8 Å². The molecule has 0 bridgehead atoms. The molecule has 24 heavy (non-hydrogen) atoms. The summed E-state index contributed by atoms with van der Waals surface area (Å²) < 4.78 is 6.14. The zero-order valence-electron chi connectivity index (χ0n) is 13.0. The molecular formula is C18H17BrN2O3. The SMILES string of the molecule is O=C(COc1ccc2c(c1)CCC2)NNC(=O)c1ccccc1Br. The summed E-state index contributed by atoms with van der Waals surface area (Å²) in [7, 11) is 0. The first kappa shape index (κ1) is 16.5. The standard InChI is InChI=1S/C18H17BrN2O3/c19-16-7-2-1-6-15(16)18(23)21-20-17(22)11-24-14-9-8-12-4-3-5-13(12)10-14/h1-2,6-10H,3-5,11H2,(H,20,22)(H,21,23). The lowest BCUT2D eigenvalue weighted by molar-refractivity contribution is -0.123. The number of hydrazine groups is 1. The molecule has 0 heterocycles. The molecule has 0 aliphatic heterocycles. The van der Waals surface area contributed by atoms with Crippen LogP contribution in [0.3, 0.4) is 0 Å². The number of rotatable bonds is 4. The molecule has 2 aromatic rings. The van der Waals surface area contributed by atoms with Crippen molar-refractivity contribution in [3.63, 3.8) is 0 Å². The number of hydrogen-bond donors (Lipinski definition) is 2. The van der Waals surface area contributed by atoms with Crippen LogP contribution in [0.25, 0.3) is 0 Å². The van der Waals surface area contributed by atoms with Gasteiger partial charge in [-0.15, -0.1) is 0 Å². The molecule has 0 saturated carbocycles. The molecule has 124 valence electrons. The van der Waals surface area contributed by atoms with Crippen molar-refractivity contribution in [2.45, 2.75) is 19.3 Å². The van der Waals surface area contributed by atoms with Crippen LogP contribution < -0.4 is 15.6 Å². The molecule has 0 unspecified atom stereocenters. The van der Waals surface area contributed by atoms with Crippen molar-refractivity contribution >= 4 is 27.7 Å². The molecule has 2 amide bonds. The van der Waals surface area contributed by atoms with Crippen LogP contribution in [0.15, 0.2) is 46.9 Å². The summed E-state index contributed by atoms with van der Waals surface area (Å²) in [5.41, 5.74) is 7.80. The first-order valence-corrected chi connectivity index (χ1v) is 8.51. The maximum absolute atomic E-state index is 12.0. The summed E-state index contributed by atoms with van der Waals surface area (Å²) in [4.78, 5) is 23.8. The van der Waals surface area contributed by atoms with Gasteiger partial charge in [-0.1, -0.05) is 18.2 Å². The number of aryl methyl sites for hydroxylation is 2. The predicted molar refractivity (Wildman–Crippen MR) is 93.7 cm³/mol. The van der Waals surface area contributed by atoms with E-state index in [-0.39, 0.29) is 6.61 Å². The van der Waals surface area contributed by atoms with E-state index in [4.69, 9.17) is 4.74 Å². The quantitative estimate of drug-likeness (QED) is 0.791. The van der Waals surface area contributed by atoms with Crippen LogP contribution >= 0.6 is 15.9 Å². The van der Waals surface area contributed by atoms with E-state index < -0.39 is 11.8 Å². The van der Waals surface area contributed by atoms with Crippen molar-refractivity contribution in [1.82, 2.24) is 10.9 Å². The fraction of sp³-hybridized carbons (Fsp3) is 0.222. The zero-order valence-corrected chi connectivity index (χ0v) is 14.6. The third-order valence-corrected chi connectivity index (χ3v) is 4.57. The number of ether oxygens (including phenoxy) is 1. The highest BCUT2D eigenvalue weighted by atomic mass is 79.9. The molecule has 0 saturated heterocycles. The first-order valence-electron chi connectivity index (χ1n) is 7.72. The summed E-state index contributed by atoms with van der Waals surface area (Å²) in [6.07, 6.45) is 3.33. The van der Waals surface area contributed by atoms with Crippen LogP contribution in [-0.2, 0) is 17.6 Å². The van der Waals surface area contributed by atoms with Gasteiger partial charge in [0.05, 0.1) is 5.56 Å². The fourth-order valence-electron chi connectivity index (χ4n) is 2.66. The van der Waals surface area contributed by atoms with E-state index in [0.29, 0.717) is 15.8 Å². The molecule has 2 N–H and O–H groups in total. The Bertz CT molecular complexity index is 777. The number of nitrogens with one attached hydrogen (secondary N) is 2. The highest BCUT2D eigenvalue weighted by Gasteiger charge is 2.13. The summed E-state index contributed by atoms with van der Waals surface area (Å²) >= 11 is 3.29. The van der Waals surface area contributed by atoms with Crippen molar-refractivity contribution in [1.29, 1.82) is 0 Å². The van der Waals surface area contributed by atoms with Gasteiger partial charge in [-0.2, -0.15) is 0 Å². The monoisotopic (exact) mass is 388 g/mol. The van der Waals surface area contributed by atoms with Crippen LogP contribution in [-0.4, -0.2) is 18.4 Å². The Hall–Kier alpha value is -2.34. The molecule has 0 atom stereocenters. The number of fused-ring (bicyclic) bond motifs is 1. The maximum Gasteiger partial charge on any atom is 0.276 e. The second-order valence-electron chi connectivity index (χ2n) is 5.55. The third-order valence-electron chi connectivity index (χ3n) is 3.87. The van der Waals surface area contributed by atoms with Crippen LogP contribution in [0, 0.1) is 0 Å². The molecule has 0 radical (unpaired) electrons. The van der Waals surface area contributed by atoms with Gasteiger partial charge in [0.15, 0.2) is 6.61 Å². The Morgan fingerprint density at radius 2 is 1.83 bits per heavy atom. The van der Waals surface area contributed by atoms with Crippen LogP contribution in [0.5, 0.6) is 5.75 Å². The van der Waals surface area contributed by atoms with E-state index in [1.54, 1.807) is 18.2 Å². The van der Waals surface area contributed by atoms with E-state index in [1.165, 1.54) is 17.5 Å². The van der Waals surface area contributed by atoms with Gasteiger partial charge in [0.25, 0.3) is 11.8 Å². The average molecular weight is 389 g/mol. The Labute approximate surface area is 148 Å². The molecule has 3 rings (SSSR count). The van der Waals surface area contributed by atoms with Crippen molar-refractivity contribution in [3.8, 4) is 5.75 Å². The molecule has 5 nitrogen and oxygen atoms in total. The molecule has 1 aliphatic rings. The number of halogens is 1. The normalized spacial score (nSPS) is 12.4. The molecule has 6 heteroatoms. The Kier molecular flexibility index (Phi) is 5.15. The highest BCUT2D eigenvalue weighted by molar-refractivity contribution is 9.10. The molecule has 1 aliphatic carbocycles. The lowest BCUT2D eigenvalue weighted by atomic mass is 10.1. The second kappa shape index (κ2) is 7.49. The van der Waals surface area contributed by atoms with Gasteiger partial charge in [-0.25, -0.2) is 0 Å². The van der Waals surface area contributed by atoms with Gasteiger partial charge in [-0.05, 0) is 70.6 Å². The Morgan fingerprint density at radius 1 is 1.04 bits per heavy atom. The smallest absolute Gasteiger partial charge is 0.276 e.